The Kier molecular flexibility index (Phi) is 3.43. The van der Waals surface area contributed by atoms with Crippen LogP contribution in [-0.2, 0) is 14.6 Å². The van der Waals surface area contributed by atoms with Gasteiger partial charge in [0, 0.05) is 0 Å². The first-order valence-electron chi connectivity index (χ1n) is 4.24. The topological polar surface area (TPSA) is 89.3 Å². The van der Waals surface area contributed by atoms with Gasteiger partial charge in [-0.3, -0.25) is 10.2 Å². The van der Waals surface area contributed by atoms with Gasteiger partial charge in [-0.2, -0.15) is 0 Å². The first-order valence-corrected chi connectivity index (χ1v) is 5.90. The molecule has 0 atom stereocenters. The molecule has 0 radical (unpaired) electrons. The molecule has 15 heavy (non-hydrogen) atoms. The molecule has 0 bridgehead atoms. The molecule has 0 aliphatic rings. The molecule has 0 aromatic heterocycles. The molecule has 1 rings (SSSR count). The van der Waals surface area contributed by atoms with Gasteiger partial charge in [0.1, 0.15) is 5.75 Å². The van der Waals surface area contributed by atoms with E-state index in [0.29, 0.717) is 0 Å². The van der Waals surface area contributed by atoms with Crippen LogP contribution >= 0.6 is 0 Å². The van der Waals surface area contributed by atoms with Gasteiger partial charge in [-0.05, 0) is 19.1 Å². The largest absolute Gasteiger partial charge is 0.293 e. The van der Waals surface area contributed by atoms with E-state index in [1.807, 2.05) is 6.92 Å². The second-order valence-corrected chi connectivity index (χ2v) is 5.13. The molecular formula is C9H12N2O3S. The predicted octanol–water partition coefficient (Wildman–Crippen LogP) is -0.241. The third-order valence-electron chi connectivity index (χ3n) is 1.86. The minimum atomic E-state index is -3.58. The average Bonchev–Trinajstić information content (AvgIpc) is 2.17. The van der Waals surface area contributed by atoms with Crippen molar-refractivity contribution in [2.75, 3.05) is 5.75 Å². The molecule has 1 amide bonds. The summed E-state index contributed by atoms with van der Waals surface area (Å²) in [5.41, 5.74) is 2.74. The van der Waals surface area contributed by atoms with Crippen molar-refractivity contribution in [2.24, 2.45) is 5.84 Å². The van der Waals surface area contributed by atoms with E-state index in [9.17, 15) is 13.2 Å². The monoisotopic (exact) mass is 228 g/mol. The van der Waals surface area contributed by atoms with Crippen LogP contribution in [0, 0.1) is 6.92 Å². The standard InChI is InChI=1S/C9H12N2O3S/c1-7-2-4-8(5-3-7)15(13,14)6-9(12)11-10/h2-5H,6,10H2,1H3,(H,11,12). The second-order valence-electron chi connectivity index (χ2n) is 3.14. The van der Waals surface area contributed by atoms with Crippen LogP contribution in [0.4, 0.5) is 0 Å². The molecule has 82 valence electrons. The smallest absolute Gasteiger partial charge is 0.249 e. The van der Waals surface area contributed by atoms with E-state index < -0.39 is 21.5 Å². The van der Waals surface area contributed by atoms with Crippen molar-refractivity contribution in [3.05, 3.63) is 29.8 Å². The Balaban J connectivity index is 2.96. The lowest BCUT2D eigenvalue weighted by atomic mass is 10.2. The highest BCUT2D eigenvalue weighted by Gasteiger charge is 2.18. The van der Waals surface area contributed by atoms with Crippen LogP contribution in [0.5, 0.6) is 0 Å². The number of rotatable bonds is 3. The molecule has 0 aliphatic heterocycles. The molecule has 0 aliphatic carbocycles. The van der Waals surface area contributed by atoms with Gasteiger partial charge in [-0.15, -0.1) is 0 Å². The molecule has 0 saturated heterocycles. The van der Waals surface area contributed by atoms with Gasteiger partial charge >= 0.3 is 0 Å². The van der Waals surface area contributed by atoms with Crippen molar-refractivity contribution < 1.29 is 13.2 Å². The quantitative estimate of drug-likeness (QED) is 0.424. The van der Waals surface area contributed by atoms with Crippen LogP contribution in [-0.4, -0.2) is 20.1 Å². The number of carbonyl (C=O) groups is 1. The fourth-order valence-electron chi connectivity index (χ4n) is 1.04. The number of amides is 1. The fourth-order valence-corrected chi connectivity index (χ4v) is 2.19. The Morgan fingerprint density at radius 2 is 1.87 bits per heavy atom. The Morgan fingerprint density at radius 1 is 1.33 bits per heavy atom. The van der Waals surface area contributed by atoms with Crippen molar-refractivity contribution in [3.8, 4) is 0 Å². The van der Waals surface area contributed by atoms with Gasteiger partial charge < -0.3 is 0 Å². The zero-order chi connectivity index (χ0) is 11.5. The maximum Gasteiger partial charge on any atom is 0.249 e. The number of carbonyl (C=O) groups excluding carboxylic acids is 1. The third-order valence-corrected chi connectivity index (χ3v) is 3.49. The number of hydrogen-bond donors (Lipinski definition) is 2. The SMILES string of the molecule is Cc1ccc(S(=O)(=O)CC(=O)NN)cc1. The first kappa shape index (κ1) is 11.7. The maximum absolute atomic E-state index is 11.6. The second kappa shape index (κ2) is 4.41. The number of hydrazine groups is 1. The van der Waals surface area contributed by atoms with E-state index in [2.05, 4.69) is 0 Å². The minimum absolute atomic E-state index is 0.122. The molecule has 5 nitrogen and oxygen atoms in total. The number of nitrogens with two attached hydrogens (primary N) is 1. The Morgan fingerprint density at radius 3 is 2.33 bits per heavy atom. The van der Waals surface area contributed by atoms with Crippen molar-refractivity contribution in [3.63, 3.8) is 0 Å². The molecule has 0 unspecified atom stereocenters. The van der Waals surface area contributed by atoms with E-state index in [1.54, 1.807) is 17.6 Å². The van der Waals surface area contributed by atoms with E-state index in [0.717, 1.165) is 5.56 Å². The van der Waals surface area contributed by atoms with E-state index in [4.69, 9.17) is 5.84 Å². The van der Waals surface area contributed by atoms with Crippen LogP contribution in [0.25, 0.3) is 0 Å². The van der Waals surface area contributed by atoms with Crippen LogP contribution in [0.2, 0.25) is 0 Å². The van der Waals surface area contributed by atoms with Gasteiger partial charge in [0.05, 0.1) is 4.90 Å². The van der Waals surface area contributed by atoms with Gasteiger partial charge in [0.2, 0.25) is 5.91 Å². The van der Waals surface area contributed by atoms with Gasteiger partial charge in [0.25, 0.3) is 0 Å². The number of hydrogen-bond acceptors (Lipinski definition) is 4. The molecule has 0 fully saturated rings. The van der Waals surface area contributed by atoms with Gasteiger partial charge in [-0.1, -0.05) is 17.7 Å². The summed E-state index contributed by atoms with van der Waals surface area (Å²) in [5, 5.41) is 0. The normalized spacial score (nSPS) is 11.1. The lowest BCUT2D eigenvalue weighted by Gasteiger charge is -2.03. The minimum Gasteiger partial charge on any atom is -0.293 e. The van der Waals surface area contributed by atoms with Crippen LogP contribution in [0.15, 0.2) is 29.2 Å². The summed E-state index contributed by atoms with van der Waals surface area (Å²) in [6.45, 7) is 1.85. The zero-order valence-corrected chi connectivity index (χ0v) is 9.04. The summed E-state index contributed by atoms with van der Waals surface area (Å²) in [7, 11) is -3.58. The molecule has 1 aromatic rings. The Labute approximate surface area is 88.2 Å². The fraction of sp³-hybridized carbons (Fsp3) is 0.222. The number of benzene rings is 1. The van der Waals surface area contributed by atoms with Crippen LogP contribution in [0.3, 0.4) is 0 Å². The van der Waals surface area contributed by atoms with Crippen LogP contribution in [0.1, 0.15) is 5.56 Å². The molecule has 1 aromatic carbocycles. The van der Waals surface area contributed by atoms with Crippen LogP contribution < -0.4 is 11.3 Å². The summed E-state index contributed by atoms with van der Waals surface area (Å²) in [5.74, 6) is 3.46. The highest BCUT2D eigenvalue weighted by molar-refractivity contribution is 7.92. The molecule has 0 saturated carbocycles. The third kappa shape index (κ3) is 3.03. The van der Waals surface area contributed by atoms with Crippen molar-refractivity contribution in [1.29, 1.82) is 0 Å². The Bertz CT molecular complexity index is 451. The maximum atomic E-state index is 11.6. The van der Waals surface area contributed by atoms with Crippen molar-refractivity contribution >= 4 is 15.7 Å². The van der Waals surface area contributed by atoms with Crippen molar-refractivity contribution in [2.45, 2.75) is 11.8 Å². The van der Waals surface area contributed by atoms with Gasteiger partial charge in [-0.25, -0.2) is 14.3 Å². The van der Waals surface area contributed by atoms with E-state index in [1.165, 1.54) is 12.1 Å². The Hall–Kier alpha value is -1.40. The summed E-state index contributed by atoms with van der Waals surface area (Å²) < 4.78 is 23.2. The predicted molar refractivity (Wildman–Crippen MR) is 55.6 cm³/mol. The molecular weight excluding hydrogens is 216 g/mol. The number of aryl methyl sites for hydroxylation is 1. The average molecular weight is 228 g/mol. The molecule has 0 spiro atoms. The van der Waals surface area contributed by atoms with E-state index in [-0.39, 0.29) is 4.90 Å². The molecule has 3 N–H and O–H groups in total. The first-order chi connectivity index (χ1) is 6.95. The highest BCUT2D eigenvalue weighted by atomic mass is 32.2. The summed E-state index contributed by atoms with van der Waals surface area (Å²) in [6.07, 6.45) is 0. The molecule has 6 heteroatoms. The number of sulfone groups is 1. The summed E-state index contributed by atoms with van der Waals surface area (Å²) in [6, 6.07) is 6.28. The zero-order valence-electron chi connectivity index (χ0n) is 8.23. The van der Waals surface area contributed by atoms with E-state index >= 15 is 0 Å². The van der Waals surface area contributed by atoms with Gasteiger partial charge in [0.15, 0.2) is 9.84 Å². The molecule has 0 heterocycles. The number of nitrogens with one attached hydrogen (secondary N) is 1. The highest BCUT2D eigenvalue weighted by Crippen LogP contribution is 2.11. The lowest BCUT2D eigenvalue weighted by molar-refractivity contribution is -0.118. The lowest BCUT2D eigenvalue weighted by Crippen LogP contribution is -2.35. The summed E-state index contributed by atoms with van der Waals surface area (Å²) in [4.78, 5) is 11.0. The summed E-state index contributed by atoms with van der Waals surface area (Å²) >= 11 is 0. The van der Waals surface area contributed by atoms with Crippen molar-refractivity contribution in [1.82, 2.24) is 5.43 Å².